The lowest BCUT2D eigenvalue weighted by atomic mass is 9.40. The number of carbonyl (C=O) groups is 2. The van der Waals surface area contributed by atoms with Gasteiger partial charge in [-0.1, -0.05) is 45.4 Å². The highest BCUT2D eigenvalue weighted by Crippen LogP contribution is 2.72. The zero-order valence-corrected chi connectivity index (χ0v) is 18.2. The highest BCUT2D eigenvalue weighted by Gasteiger charge is 2.68. The molecule has 2 bridgehead atoms. The third-order valence-corrected chi connectivity index (χ3v) is 9.42. The van der Waals surface area contributed by atoms with Crippen LogP contribution < -0.4 is 0 Å². The van der Waals surface area contributed by atoms with Gasteiger partial charge in [-0.25, -0.2) is 4.79 Å². The number of carbonyl (C=O) groups excluding carboxylic acids is 2. The van der Waals surface area contributed by atoms with E-state index in [-0.39, 0.29) is 33.7 Å². The Morgan fingerprint density at radius 2 is 1.75 bits per heavy atom. The van der Waals surface area contributed by atoms with Crippen molar-refractivity contribution in [1.82, 2.24) is 0 Å². The van der Waals surface area contributed by atoms with Crippen molar-refractivity contribution >= 4 is 12.3 Å². The van der Waals surface area contributed by atoms with E-state index in [0.29, 0.717) is 17.4 Å². The average molecular weight is 385 g/mol. The molecule has 4 aliphatic rings. The van der Waals surface area contributed by atoms with Crippen LogP contribution in [0.4, 0.5) is 0 Å². The summed E-state index contributed by atoms with van der Waals surface area (Å²) in [4.78, 5) is 24.8. The molecule has 0 aromatic heterocycles. The predicted molar refractivity (Wildman–Crippen MR) is 111 cm³/mol. The topological polar surface area (TPSA) is 43.4 Å². The first-order valence-corrected chi connectivity index (χ1v) is 11.2. The molecule has 3 fully saturated rings. The molecular formula is C25H36O3. The van der Waals surface area contributed by atoms with Gasteiger partial charge in [-0.2, -0.15) is 0 Å². The van der Waals surface area contributed by atoms with Gasteiger partial charge in [-0.3, -0.25) is 0 Å². The molecule has 0 saturated heterocycles. The molecule has 0 radical (unpaired) electrons. The summed E-state index contributed by atoms with van der Waals surface area (Å²) in [7, 11) is 0. The van der Waals surface area contributed by atoms with Crippen LogP contribution in [-0.2, 0) is 14.3 Å². The molecule has 0 N–H and O–H groups in total. The highest BCUT2D eigenvalue weighted by molar-refractivity contribution is 5.87. The quantitative estimate of drug-likeness (QED) is 0.274. The van der Waals surface area contributed by atoms with E-state index in [2.05, 4.69) is 32.9 Å². The zero-order valence-electron chi connectivity index (χ0n) is 18.2. The van der Waals surface area contributed by atoms with E-state index in [0.717, 1.165) is 32.1 Å². The minimum atomic E-state index is -0.203. The summed E-state index contributed by atoms with van der Waals surface area (Å²) in [5.41, 5.74) is 0.496. The number of rotatable bonds is 3. The van der Waals surface area contributed by atoms with E-state index >= 15 is 0 Å². The molecular weight excluding hydrogens is 348 g/mol. The van der Waals surface area contributed by atoms with Crippen molar-refractivity contribution in [2.75, 3.05) is 0 Å². The van der Waals surface area contributed by atoms with Gasteiger partial charge in [0.15, 0.2) is 0 Å². The van der Waals surface area contributed by atoms with Crippen LogP contribution in [0, 0.1) is 33.5 Å². The Hall–Kier alpha value is -1.38. The van der Waals surface area contributed by atoms with E-state index in [1.54, 1.807) is 0 Å². The van der Waals surface area contributed by atoms with Crippen LogP contribution in [0.15, 0.2) is 23.8 Å². The molecule has 28 heavy (non-hydrogen) atoms. The minimum Gasteiger partial charge on any atom is -0.457 e. The number of allylic oxidation sites excluding steroid dienone is 1. The summed E-state index contributed by atoms with van der Waals surface area (Å²) in [5.74, 6) is 0.749. The monoisotopic (exact) mass is 384 g/mol. The summed E-state index contributed by atoms with van der Waals surface area (Å²) in [6.45, 7) is 10.6. The average Bonchev–Trinajstić information content (AvgIpc) is 2.83. The molecule has 154 valence electrons. The van der Waals surface area contributed by atoms with Gasteiger partial charge < -0.3 is 9.53 Å². The molecule has 1 spiro atoms. The Labute approximate surface area is 170 Å². The lowest BCUT2D eigenvalue weighted by molar-refractivity contribution is -0.201. The molecule has 3 heteroatoms. The van der Waals surface area contributed by atoms with Gasteiger partial charge in [-0.15, -0.1) is 0 Å². The summed E-state index contributed by atoms with van der Waals surface area (Å²) in [5, 5.41) is 0. The molecule has 4 rings (SSSR count). The Kier molecular flexibility index (Phi) is 4.49. The Morgan fingerprint density at radius 3 is 2.43 bits per heavy atom. The van der Waals surface area contributed by atoms with Crippen LogP contribution >= 0.6 is 0 Å². The number of hydrogen-bond acceptors (Lipinski definition) is 3. The summed E-state index contributed by atoms with van der Waals surface area (Å²) in [6, 6.07) is 0. The first-order chi connectivity index (χ1) is 13.2. The number of hydrogen-bond donors (Lipinski definition) is 0. The molecule has 0 amide bonds. The molecule has 3 nitrogen and oxygen atoms in total. The van der Waals surface area contributed by atoms with Gasteiger partial charge in [0, 0.05) is 21.8 Å². The molecule has 0 aliphatic heterocycles. The molecule has 4 aliphatic carbocycles. The standard InChI is InChI=1S/C25H36O3/c1-6-17(2)20(27)28-21-22(3)12-8-19-24(5)11-7-10-23(4,16-26)18(24)9-13-25(19,21)15-14-22/h6,14-16,18-19,21H,7-13H2,1-5H3/b17-6+/t18-,19-,21+,22-,23+,24-,25-/m1/s1. The van der Waals surface area contributed by atoms with Gasteiger partial charge in [0.05, 0.1) is 0 Å². The number of aldehydes is 1. The Morgan fingerprint density at radius 1 is 1.04 bits per heavy atom. The zero-order chi connectivity index (χ0) is 20.4. The Balaban J connectivity index is 1.73. The minimum absolute atomic E-state index is 0.0635. The van der Waals surface area contributed by atoms with E-state index in [1.165, 1.54) is 19.1 Å². The van der Waals surface area contributed by atoms with Crippen LogP contribution in [-0.4, -0.2) is 18.4 Å². The van der Waals surface area contributed by atoms with Crippen molar-refractivity contribution < 1.29 is 14.3 Å². The van der Waals surface area contributed by atoms with Crippen molar-refractivity contribution in [3.05, 3.63) is 23.8 Å². The third-order valence-electron chi connectivity index (χ3n) is 9.42. The summed E-state index contributed by atoms with van der Waals surface area (Å²) in [6.07, 6.45) is 15.4. The summed E-state index contributed by atoms with van der Waals surface area (Å²) >= 11 is 0. The first kappa shape index (κ1) is 19.9. The van der Waals surface area contributed by atoms with Gasteiger partial charge >= 0.3 is 5.97 Å². The van der Waals surface area contributed by atoms with Gasteiger partial charge in [0.2, 0.25) is 0 Å². The normalized spacial score (nSPS) is 49.9. The fourth-order valence-electron chi connectivity index (χ4n) is 7.83. The van der Waals surface area contributed by atoms with E-state index in [4.69, 9.17) is 4.74 Å². The van der Waals surface area contributed by atoms with Crippen LogP contribution in [0.5, 0.6) is 0 Å². The number of fused-ring (bicyclic) bond motifs is 3. The predicted octanol–water partition coefficient (Wildman–Crippen LogP) is 5.64. The fraction of sp³-hybridized carbons (Fsp3) is 0.760. The van der Waals surface area contributed by atoms with Gasteiger partial charge in [0.25, 0.3) is 0 Å². The van der Waals surface area contributed by atoms with E-state index < -0.39 is 0 Å². The second kappa shape index (κ2) is 6.31. The summed E-state index contributed by atoms with van der Waals surface area (Å²) < 4.78 is 6.26. The van der Waals surface area contributed by atoms with Crippen LogP contribution in [0.3, 0.4) is 0 Å². The van der Waals surface area contributed by atoms with Crippen LogP contribution in [0.2, 0.25) is 0 Å². The van der Waals surface area contributed by atoms with E-state index in [9.17, 15) is 9.59 Å². The lowest BCUT2D eigenvalue weighted by Crippen LogP contribution is -2.62. The van der Waals surface area contributed by atoms with Crippen molar-refractivity contribution in [1.29, 1.82) is 0 Å². The largest absolute Gasteiger partial charge is 0.457 e. The number of esters is 1. The van der Waals surface area contributed by atoms with Crippen LogP contribution in [0.25, 0.3) is 0 Å². The Bertz CT molecular complexity index is 751. The molecule has 0 aromatic rings. The maximum atomic E-state index is 12.7. The molecule has 3 saturated carbocycles. The molecule has 0 heterocycles. The lowest BCUT2D eigenvalue weighted by Gasteiger charge is -2.65. The fourth-order valence-corrected chi connectivity index (χ4v) is 7.83. The molecule has 0 aromatic carbocycles. The smallest absolute Gasteiger partial charge is 0.333 e. The molecule has 7 atom stereocenters. The van der Waals surface area contributed by atoms with Crippen molar-refractivity contribution in [2.24, 2.45) is 33.5 Å². The van der Waals surface area contributed by atoms with Gasteiger partial charge in [0.1, 0.15) is 12.4 Å². The maximum absolute atomic E-state index is 12.7. The second-order valence-corrected chi connectivity index (χ2v) is 10.9. The van der Waals surface area contributed by atoms with Gasteiger partial charge in [-0.05, 0) is 69.6 Å². The van der Waals surface area contributed by atoms with Crippen molar-refractivity contribution in [3.8, 4) is 0 Å². The van der Waals surface area contributed by atoms with Crippen LogP contribution in [0.1, 0.15) is 79.6 Å². The van der Waals surface area contributed by atoms with E-state index in [1.807, 2.05) is 19.9 Å². The molecule has 0 unspecified atom stereocenters. The first-order valence-electron chi connectivity index (χ1n) is 11.2. The van der Waals surface area contributed by atoms with Crippen molar-refractivity contribution in [3.63, 3.8) is 0 Å². The third kappa shape index (κ3) is 2.47. The maximum Gasteiger partial charge on any atom is 0.333 e. The van der Waals surface area contributed by atoms with Crippen molar-refractivity contribution in [2.45, 2.75) is 85.7 Å². The highest BCUT2D eigenvalue weighted by atomic mass is 16.5. The second-order valence-electron chi connectivity index (χ2n) is 10.9. The SMILES string of the molecule is C/C=C(\C)C(=O)O[C@@H]1[C@]23C=C[C@@]1(C)CC[C@@H]2[C@]1(C)CCC[C@@](C)(C=O)[C@H]1CC3. The number of ether oxygens (including phenoxy) is 1.